The van der Waals surface area contributed by atoms with Crippen LogP contribution in [0.4, 0.5) is 0 Å². The first-order chi connectivity index (χ1) is 10.2. The molecule has 1 heterocycles. The summed E-state index contributed by atoms with van der Waals surface area (Å²) in [5, 5.41) is 13.0. The highest BCUT2D eigenvalue weighted by Crippen LogP contribution is 2.12. The highest BCUT2D eigenvalue weighted by molar-refractivity contribution is 7.09. The molecule has 0 amide bonds. The van der Waals surface area contributed by atoms with Crippen LogP contribution in [0.3, 0.4) is 0 Å². The number of aliphatic hydroxyl groups is 1. The number of nitrogens with one attached hydrogen (secondary N) is 1. The molecule has 2 N–H and O–H groups in total. The lowest BCUT2D eigenvalue weighted by atomic mass is 10.2. The molecule has 122 valence electrons. The number of unbranched alkanes of at least 4 members (excludes halogenated alkanes) is 2. The summed E-state index contributed by atoms with van der Waals surface area (Å²) in [6.07, 6.45) is 3.80. The first-order valence-electron chi connectivity index (χ1n) is 7.58. The molecule has 1 unspecified atom stereocenters. The fourth-order valence-electron chi connectivity index (χ4n) is 1.95. The molecule has 0 saturated carbocycles. The largest absolute Gasteiger partial charge is 0.389 e. The summed E-state index contributed by atoms with van der Waals surface area (Å²) in [6, 6.07) is 0. The second-order valence-electron chi connectivity index (χ2n) is 5.10. The maximum Gasteiger partial charge on any atom is 0.0897 e. The minimum absolute atomic E-state index is 0.383. The summed E-state index contributed by atoms with van der Waals surface area (Å²) in [5.41, 5.74) is 2.94. The highest BCUT2D eigenvalue weighted by atomic mass is 32.1. The number of hydrogen-bond donors (Lipinski definition) is 2. The Hall–Kier alpha value is -0.530. The van der Waals surface area contributed by atoms with Crippen molar-refractivity contribution in [3.05, 3.63) is 16.1 Å². The predicted molar refractivity (Wildman–Crippen MR) is 86.0 cm³/mol. The first-order valence-corrected chi connectivity index (χ1v) is 8.46. The second kappa shape index (κ2) is 12.1. The van der Waals surface area contributed by atoms with E-state index in [0.29, 0.717) is 19.8 Å². The van der Waals surface area contributed by atoms with E-state index in [1.807, 2.05) is 12.4 Å². The van der Waals surface area contributed by atoms with Gasteiger partial charge in [0.25, 0.3) is 0 Å². The van der Waals surface area contributed by atoms with Gasteiger partial charge in [0.05, 0.1) is 30.5 Å². The number of hydrogen-bond acceptors (Lipinski definition) is 6. The third kappa shape index (κ3) is 9.16. The summed E-state index contributed by atoms with van der Waals surface area (Å²) in [4.78, 5) is 5.47. The van der Waals surface area contributed by atoms with Gasteiger partial charge >= 0.3 is 0 Å². The molecule has 21 heavy (non-hydrogen) atoms. The van der Waals surface area contributed by atoms with Gasteiger partial charge in [-0.3, -0.25) is 0 Å². The summed E-state index contributed by atoms with van der Waals surface area (Å²) in [6.45, 7) is 5.38. The van der Waals surface area contributed by atoms with E-state index in [1.165, 1.54) is 4.88 Å². The molecule has 0 bridgehead atoms. The summed E-state index contributed by atoms with van der Waals surface area (Å²) in [5.74, 6) is 0. The van der Waals surface area contributed by atoms with Crippen LogP contribution in [0.25, 0.3) is 0 Å². The third-order valence-corrected chi connectivity index (χ3v) is 4.21. The van der Waals surface area contributed by atoms with Crippen LogP contribution in [0.1, 0.15) is 29.8 Å². The lowest BCUT2D eigenvalue weighted by molar-refractivity contribution is 0.0385. The first kappa shape index (κ1) is 18.5. The minimum atomic E-state index is -0.438. The Morgan fingerprint density at radius 2 is 2.19 bits per heavy atom. The topological polar surface area (TPSA) is 63.6 Å². The molecule has 0 saturated heterocycles. The van der Waals surface area contributed by atoms with E-state index in [2.05, 4.69) is 10.3 Å². The molecule has 0 aliphatic heterocycles. The van der Waals surface area contributed by atoms with E-state index in [4.69, 9.17) is 9.47 Å². The SMILES string of the molecule is COCCCCCNCC(O)COCCc1scnc1C. The fourth-order valence-corrected chi connectivity index (χ4v) is 2.71. The Morgan fingerprint density at radius 1 is 1.33 bits per heavy atom. The summed E-state index contributed by atoms with van der Waals surface area (Å²) in [7, 11) is 1.73. The zero-order valence-electron chi connectivity index (χ0n) is 13.1. The summed E-state index contributed by atoms with van der Waals surface area (Å²) < 4.78 is 10.5. The molecule has 6 heteroatoms. The lowest BCUT2D eigenvalue weighted by Crippen LogP contribution is -2.31. The maximum atomic E-state index is 9.78. The molecular formula is C15H28N2O3S. The quantitative estimate of drug-likeness (QED) is 0.543. The molecule has 1 aromatic rings. The molecule has 0 fully saturated rings. The van der Waals surface area contributed by atoms with E-state index < -0.39 is 6.10 Å². The van der Waals surface area contributed by atoms with Crippen LogP contribution < -0.4 is 5.32 Å². The molecule has 0 radical (unpaired) electrons. The van der Waals surface area contributed by atoms with Gasteiger partial charge in [-0.05, 0) is 32.7 Å². The Bertz CT molecular complexity index is 360. The number of rotatable bonds is 13. The van der Waals surface area contributed by atoms with Gasteiger partial charge in [-0.15, -0.1) is 11.3 Å². The normalized spacial score (nSPS) is 12.7. The van der Waals surface area contributed by atoms with Crippen molar-refractivity contribution >= 4 is 11.3 Å². The van der Waals surface area contributed by atoms with Crippen molar-refractivity contribution in [1.29, 1.82) is 0 Å². The zero-order valence-corrected chi connectivity index (χ0v) is 14.0. The molecule has 0 spiro atoms. The van der Waals surface area contributed by atoms with Gasteiger partial charge in [0.1, 0.15) is 0 Å². The Balaban J connectivity index is 1.89. The Labute approximate surface area is 131 Å². The van der Waals surface area contributed by atoms with Crippen LogP contribution in [0, 0.1) is 6.92 Å². The van der Waals surface area contributed by atoms with E-state index in [0.717, 1.165) is 44.5 Å². The Morgan fingerprint density at radius 3 is 2.90 bits per heavy atom. The van der Waals surface area contributed by atoms with Gasteiger partial charge in [-0.2, -0.15) is 0 Å². The minimum Gasteiger partial charge on any atom is -0.389 e. The molecule has 1 rings (SSSR count). The van der Waals surface area contributed by atoms with Crippen molar-refractivity contribution in [3.8, 4) is 0 Å². The standard InChI is InChI=1S/C15H28N2O3S/c1-13-15(21-12-17-13)6-9-20-11-14(18)10-16-7-4-3-5-8-19-2/h12,14,16,18H,3-11H2,1-2H3. The third-order valence-electron chi connectivity index (χ3n) is 3.21. The number of aliphatic hydroxyl groups excluding tert-OH is 1. The lowest BCUT2D eigenvalue weighted by Gasteiger charge is -2.12. The molecule has 5 nitrogen and oxygen atoms in total. The maximum absolute atomic E-state index is 9.78. The predicted octanol–water partition coefficient (Wildman–Crippen LogP) is 1.78. The fraction of sp³-hybridized carbons (Fsp3) is 0.800. The molecule has 0 aliphatic rings. The van der Waals surface area contributed by atoms with Crippen molar-refractivity contribution in [2.24, 2.45) is 0 Å². The monoisotopic (exact) mass is 316 g/mol. The number of nitrogens with zero attached hydrogens (tertiary/aromatic N) is 1. The van der Waals surface area contributed by atoms with Gasteiger partial charge in [-0.25, -0.2) is 4.98 Å². The van der Waals surface area contributed by atoms with Crippen molar-refractivity contribution in [3.63, 3.8) is 0 Å². The second-order valence-corrected chi connectivity index (χ2v) is 6.04. The van der Waals surface area contributed by atoms with E-state index in [-0.39, 0.29) is 0 Å². The average Bonchev–Trinajstić information content (AvgIpc) is 2.88. The Kier molecular flexibility index (Phi) is 10.6. The van der Waals surface area contributed by atoms with Gasteiger partial charge in [0.2, 0.25) is 0 Å². The molecule has 1 aromatic heterocycles. The van der Waals surface area contributed by atoms with Crippen LogP contribution in [-0.4, -0.2) is 56.2 Å². The van der Waals surface area contributed by atoms with Crippen molar-refractivity contribution in [2.75, 3.05) is 40.0 Å². The van der Waals surface area contributed by atoms with Crippen molar-refractivity contribution in [2.45, 2.75) is 38.7 Å². The highest BCUT2D eigenvalue weighted by Gasteiger charge is 2.05. The van der Waals surface area contributed by atoms with Crippen LogP contribution in [-0.2, 0) is 15.9 Å². The smallest absolute Gasteiger partial charge is 0.0897 e. The van der Waals surface area contributed by atoms with Gasteiger partial charge < -0.3 is 19.9 Å². The zero-order chi connectivity index (χ0) is 15.3. The van der Waals surface area contributed by atoms with Crippen molar-refractivity contribution < 1.29 is 14.6 Å². The van der Waals surface area contributed by atoms with Crippen LogP contribution in [0.5, 0.6) is 0 Å². The van der Waals surface area contributed by atoms with Crippen LogP contribution >= 0.6 is 11.3 Å². The molecule has 1 atom stereocenters. The van der Waals surface area contributed by atoms with Gasteiger partial charge in [-0.1, -0.05) is 0 Å². The van der Waals surface area contributed by atoms with Crippen LogP contribution in [0.15, 0.2) is 5.51 Å². The number of ether oxygens (including phenoxy) is 2. The van der Waals surface area contributed by atoms with Crippen LogP contribution in [0.2, 0.25) is 0 Å². The van der Waals surface area contributed by atoms with E-state index in [1.54, 1.807) is 18.4 Å². The number of thiazole rings is 1. The average molecular weight is 316 g/mol. The number of methoxy groups -OCH3 is 1. The number of aromatic nitrogens is 1. The van der Waals surface area contributed by atoms with Gasteiger partial charge in [0.15, 0.2) is 0 Å². The summed E-state index contributed by atoms with van der Waals surface area (Å²) >= 11 is 1.66. The molecule has 0 aromatic carbocycles. The van der Waals surface area contributed by atoms with Crippen molar-refractivity contribution in [1.82, 2.24) is 10.3 Å². The van der Waals surface area contributed by atoms with E-state index in [9.17, 15) is 5.11 Å². The van der Waals surface area contributed by atoms with E-state index >= 15 is 0 Å². The van der Waals surface area contributed by atoms with Gasteiger partial charge in [0, 0.05) is 31.6 Å². The molecule has 0 aliphatic carbocycles. The molecular weight excluding hydrogens is 288 g/mol. The number of aryl methyl sites for hydroxylation is 1.